The number of hydrogen-bond acceptors (Lipinski definition) is 7. The van der Waals surface area contributed by atoms with Gasteiger partial charge in [-0.3, -0.25) is 9.69 Å². The van der Waals surface area contributed by atoms with Crippen LogP contribution in [0.3, 0.4) is 0 Å². The Bertz CT molecular complexity index is 1300. The van der Waals surface area contributed by atoms with Crippen LogP contribution in [0.2, 0.25) is 0 Å². The molecule has 9 heteroatoms. The molecule has 3 aromatic rings. The second-order valence-corrected chi connectivity index (χ2v) is 11.5. The molecule has 0 radical (unpaired) electrons. The summed E-state index contributed by atoms with van der Waals surface area (Å²) in [6.45, 7) is 8.30. The molecule has 2 fully saturated rings. The molecule has 2 aromatic heterocycles. The van der Waals surface area contributed by atoms with Crippen LogP contribution in [-0.4, -0.2) is 57.4 Å². The van der Waals surface area contributed by atoms with Gasteiger partial charge in [0.1, 0.15) is 6.04 Å². The van der Waals surface area contributed by atoms with E-state index >= 15 is 0 Å². The number of hydrogen-bond donors (Lipinski definition) is 1. The monoisotopic (exact) mass is 508 g/mol. The smallest absolute Gasteiger partial charge is 0.253 e. The van der Waals surface area contributed by atoms with Gasteiger partial charge in [0.05, 0.1) is 25.3 Å². The molecule has 1 aromatic carbocycles. The molecule has 1 saturated heterocycles. The number of aromatic nitrogens is 5. The van der Waals surface area contributed by atoms with Crippen LogP contribution in [0.4, 0.5) is 0 Å². The van der Waals surface area contributed by atoms with Crippen molar-refractivity contribution in [3.05, 3.63) is 39.9 Å². The Hall–Kier alpha value is -2.94. The first-order valence-corrected chi connectivity index (χ1v) is 13.6. The summed E-state index contributed by atoms with van der Waals surface area (Å²) in [5.74, 6) is 1.93. The van der Waals surface area contributed by atoms with E-state index in [0.717, 1.165) is 37.1 Å². The standard InChI is InChI=1S/C28H40N6O3/c1-6-27(2,3)34-25(30-31-32-34)24(33-14-10-13-28(18-33)11-8-7-9-12-28)20-15-19-16-22(36-4)23(37-5)17-21(19)29-26(20)35/h15-17,24H,6-14,18H2,1-5H3,(H,29,35). The number of fused-ring (bicyclic) bond motifs is 1. The minimum absolute atomic E-state index is 0.128. The fraction of sp³-hybridized carbons (Fsp3) is 0.643. The van der Waals surface area contributed by atoms with Crippen LogP contribution in [-0.2, 0) is 5.54 Å². The second-order valence-electron chi connectivity index (χ2n) is 11.5. The van der Waals surface area contributed by atoms with Crippen molar-refractivity contribution in [3.63, 3.8) is 0 Å². The second kappa shape index (κ2) is 10.1. The Kier molecular flexibility index (Phi) is 7.00. The number of ether oxygens (including phenoxy) is 2. The highest BCUT2D eigenvalue weighted by Gasteiger charge is 2.42. The van der Waals surface area contributed by atoms with Crippen molar-refractivity contribution in [2.24, 2.45) is 5.41 Å². The van der Waals surface area contributed by atoms with Gasteiger partial charge in [-0.1, -0.05) is 26.2 Å². The van der Waals surface area contributed by atoms with E-state index in [1.165, 1.54) is 38.5 Å². The van der Waals surface area contributed by atoms with E-state index in [1.807, 2.05) is 22.9 Å². The van der Waals surface area contributed by atoms with Gasteiger partial charge in [-0.2, -0.15) is 0 Å². The van der Waals surface area contributed by atoms with Gasteiger partial charge in [0.2, 0.25) is 0 Å². The van der Waals surface area contributed by atoms with E-state index in [9.17, 15) is 4.79 Å². The summed E-state index contributed by atoms with van der Waals surface area (Å²) in [7, 11) is 3.22. The molecule has 0 amide bonds. The van der Waals surface area contributed by atoms with Crippen molar-refractivity contribution in [1.82, 2.24) is 30.1 Å². The molecular formula is C28H40N6O3. The van der Waals surface area contributed by atoms with Crippen molar-refractivity contribution < 1.29 is 9.47 Å². The Morgan fingerprint density at radius 2 is 1.76 bits per heavy atom. The third-order valence-corrected chi connectivity index (χ3v) is 8.82. The molecule has 37 heavy (non-hydrogen) atoms. The molecule has 1 aliphatic carbocycles. The summed E-state index contributed by atoms with van der Waals surface area (Å²) in [5, 5.41) is 14.0. The Balaban J connectivity index is 1.67. The number of H-pyrrole nitrogens is 1. The zero-order valence-corrected chi connectivity index (χ0v) is 22.8. The fourth-order valence-corrected chi connectivity index (χ4v) is 6.37. The Morgan fingerprint density at radius 3 is 2.46 bits per heavy atom. The summed E-state index contributed by atoms with van der Waals surface area (Å²) in [6.07, 6.45) is 9.66. The van der Waals surface area contributed by atoms with Crippen molar-refractivity contribution in [2.45, 2.75) is 83.7 Å². The maximum absolute atomic E-state index is 13.7. The number of rotatable bonds is 7. The zero-order valence-electron chi connectivity index (χ0n) is 22.8. The van der Waals surface area contributed by atoms with E-state index in [-0.39, 0.29) is 17.1 Å². The first-order chi connectivity index (χ1) is 17.8. The SMILES string of the molecule is CCC(C)(C)n1nnnc1C(c1cc2cc(OC)c(OC)cc2[nH]c1=O)N1CCCC2(CCCCC2)C1. The van der Waals surface area contributed by atoms with Crippen LogP contribution in [0.5, 0.6) is 11.5 Å². The van der Waals surface area contributed by atoms with E-state index in [2.05, 4.69) is 46.2 Å². The largest absolute Gasteiger partial charge is 0.493 e. The molecule has 0 bridgehead atoms. The minimum atomic E-state index is -0.346. The van der Waals surface area contributed by atoms with Crippen LogP contribution >= 0.6 is 0 Å². The molecule has 5 rings (SSSR count). The van der Waals surface area contributed by atoms with Crippen molar-refractivity contribution in [1.29, 1.82) is 0 Å². The zero-order chi connectivity index (χ0) is 26.2. The molecule has 200 valence electrons. The lowest BCUT2D eigenvalue weighted by Crippen LogP contribution is -2.48. The maximum atomic E-state index is 13.7. The first-order valence-electron chi connectivity index (χ1n) is 13.6. The normalized spacial score (nSPS) is 19.3. The molecule has 9 nitrogen and oxygen atoms in total. The quantitative estimate of drug-likeness (QED) is 0.489. The van der Waals surface area contributed by atoms with Gasteiger partial charge < -0.3 is 14.5 Å². The summed E-state index contributed by atoms with van der Waals surface area (Å²) in [5.41, 5.74) is 1.27. The van der Waals surface area contributed by atoms with E-state index in [1.54, 1.807) is 14.2 Å². The maximum Gasteiger partial charge on any atom is 0.253 e. The number of nitrogens with zero attached hydrogens (tertiary/aromatic N) is 5. The van der Waals surface area contributed by atoms with Gasteiger partial charge in [-0.05, 0) is 80.5 Å². The van der Waals surface area contributed by atoms with Crippen LogP contribution in [0.15, 0.2) is 23.0 Å². The van der Waals surface area contributed by atoms with E-state index < -0.39 is 0 Å². The van der Waals surface area contributed by atoms with Crippen LogP contribution in [0.1, 0.15) is 89.6 Å². The van der Waals surface area contributed by atoms with Crippen molar-refractivity contribution in [2.75, 3.05) is 27.3 Å². The highest BCUT2D eigenvalue weighted by atomic mass is 16.5. The number of aromatic amines is 1. The summed E-state index contributed by atoms with van der Waals surface area (Å²) >= 11 is 0. The minimum Gasteiger partial charge on any atom is -0.493 e. The number of benzene rings is 1. The van der Waals surface area contributed by atoms with Gasteiger partial charge in [0, 0.05) is 23.6 Å². The topological polar surface area (TPSA) is 98.2 Å². The highest BCUT2D eigenvalue weighted by Crippen LogP contribution is 2.46. The molecular weight excluding hydrogens is 468 g/mol. The molecule has 1 N–H and O–H groups in total. The first kappa shape index (κ1) is 25.7. The number of pyridine rings is 1. The van der Waals surface area contributed by atoms with Crippen molar-refractivity contribution >= 4 is 10.9 Å². The number of nitrogens with one attached hydrogen (secondary N) is 1. The third-order valence-electron chi connectivity index (χ3n) is 8.82. The van der Waals surface area contributed by atoms with E-state index in [4.69, 9.17) is 9.47 Å². The molecule has 1 atom stereocenters. The number of piperidine rings is 1. The highest BCUT2D eigenvalue weighted by molar-refractivity contribution is 5.83. The predicted octanol–water partition coefficient (Wildman–Crippen LogP) is 4.81. The lowest BCUT2D eigenvalue weighted by Gasteiger charge is -2.47. The summed E-state index contributed by atoms with van der Waals surface area (Å²) in [6, 6.07) is 5.38. The van der Waals surface area contributed by atoms with Gasteiger partial charge in [0.25, 0.3) is 5.56 Å². The number of methoxy groups -OCH3 is 2. The van der Waals surface area contributed by atoms with Crippen LogP contribution in [0, 0.1) is 5.41 Å². The third kappa shape index (κ3) is 4.74. The van der Waals surface area contributed by atoms with Crippen LogP contribution < -0.4 is 15.0 Å². The Labute approximate surface area is 218 Å². The van der Waals surface area contributed by atoms with Gasteiger partial charge in [-0.15, -0.1) is 5.10 Å². The number of tetrazole rings is 1. The molecule has 3 heterocycles. The lowest BCUT2D eigenvalue weighted by atomic mass is 9.69. The van der Waals surface area contributed by atoms with Gasteiger partial charge >= 0.3 is 0 Å². The fourth-order valence-electron chi connectivity index (χ4n) is 6.37. The molecule has 1 unspecified atom stereocenters. The predicted molar refractivity (Wildman–Crippen MR) is 143 cm³/mol. The molecule has 1 aliphatic heterocycles. The number of likely N-dealkylation sites (tertiary alicyclic amines) is 1. The van der Waals surface area contributed by atoms with Crippen molar-refractivity contribution in [3.8, 4) is 11.5 Å². The van der Waals surface area contributed by atoms with Gasteiger partial charge in [-0.25, -0.2) is 4.68 Å². The summed E-state index contributed by atoms with van der Waals surface area (Å²) in [4.78, 5) is 19.3. The molecule has 1 saturated carbocycles. The summed E-state index contributed by atoms with van der Waals surface area (Å²) < 4.78 is 12.9. The Morgan fingerprint density at radius 1 is 1.05 bits per heavy atom. The van der Waals surface area contributed by atoms with Gasteiger partial charge in [0.15, 0.2) is 17.3 Å². The average Bonchev–Trinajstić information content (AvgIpc) is 3.39. The molecule has 2 aliphatic rings. The molecule has 1 spiro atoms. The lowest BCUT2D eigenvalue weighted by molar-refractivity contribution is 0.0326. The van der Waals surface area contributed by atoms with Crippen LogP contribution in [0.25, 0.3) is 10.9 Å². The average molecular weight is 509 g/mol. The van der Waals surface area contributed by atoms with E-state index in [0.29, 0.717) is 28.0 Å².